The summed E-state index contributed by atoms with van der Waals surface area (Å²) in [5.41, 5.74) is 0. The highest BCUT2D eigenvalue weighted by atomic mass is 32.2. The molecule has 1 saturated heterocycles. The highest BCUT2D eigenvalue weighted by molar-refractivity contribution is 7.91. The van der Waals surface area contributed by atoms with Gasteiger partial charge in [-0.3, -0.25) is 4.90 Å². The van der Waals surface area contributed by atoms with E-state index in [0.29, 0.717) is 11.5 Å². The quantitative estimate of drug-likeness (QED) is 0.713. The molecule has 1 aromatic heterocycles. The summed E-state index contributed by atoms with van der Waals surface area (Å²) in [6.45, 7) is 6.43. The number of aromatic nitrogens is 1. The van der Waals surface area contributed by atoms with E-state index in [-0.39, 0.29) is 6.04 Å². The molecular formula is C14H22N2O2S. The summed E-state index contributed by atoms with van der Waals surface area (Å²) in [6, 6.07) is 4.21. The molecule has 106 valence electrons. The van der Waals surface area contributed by atoms with Crippen molar-refractivity contribution in [2.75, 3.05) is 24.6 Å². The average Bonchev–Trinajstić information content (AvgIpc) is 2.97. The Morgan fingerprint density at radius 2 is 2.11 bits per heavy atom. The van der Waals surface area contributed by atoms with Crippen LogP contribution in [-0.4, -0.2) is 48.5 Å². The Morgan fingerprint density at radius 3 is 2.68 bits per heavy atom. The maximum Gasteiger partial charge on any atom is 0.151 e. The highest BCUT2D eigenvalue weighted by Gasteiger charge is 2.31. The standard InChI is InChI=1S/C14H22N2O2S/c1-2-7-16(14-6-12-19(17,18)13-14)11-5-10-15-8-3-4-9-15/h2-4,8-9,14H,1,5-7,10-13H2. The highest BCUT2D eigenvalue weighted by Crippen LogP contribution is 2.18. The molecule has 0 saturated carbocycles. The second-order valence-electron chi connectivity index (χ2n) is 5.11. The van der Waals surface area contributed by atoms with Crippen LogP contribution in [-0.2, 0) is 16.4 Å². The van der Waals surface area contributed by atoms with Crippen LogP contribution in [0.2, 0.25) is 0 Å². The van der Waals surface area contributed by atoms with Crippen LogP contribution in [0.4, 0.5) is 0 Å². The zero-order valence-electron chi connectivity index (χ0n) is 11.2. The van der Waals surface area contributed by atoms with Gasteiger partial charge in [-0.1, -0.05) is 6.08 Å². The van der Waals surface area contributed by atoms with Gasteiger partial charge in [0, 0.05) is 38.1 Å². The fraction of sp³-hybridized carbons (Fsp3) is 0.571. The zero-order chi connectivity index (χ0) is 13.7. The Labute approximate surface area is 115 Å². The molecule has 0 amide bonds. The largest absolute Gasteiger partial charge is 0.354 e. The maximum atomic E-state index is 11.6. The van der Waals surface area contributed by atoms with Crippen molar-refractivity contribution in [2.45, 2.75) is 25.4 Å². The second-order valence-corrected chi connectivity index (χ2v) is 7.34. The minimum Gasteiger partial charge on any atom is -0.354 e. The van der Waals surface area contributed by atoms with Crippen molar-refractivity contribution in [3.8, 4) is 0 Å². The first-order valence-electron chi connectivity index (χ1n) is 6.77. The summed E-state index contributed by atoms with van der Waals surface area (Å²) >= 11 is 0. The molecule has 0 spiro atoms. The van der Waals surface area contributed by atoms with Crippen LogP contribution in [0.5, 0.6) is 0 Å². The summed E-state index contributed by atoms with van der Waals surface area (Å²) in [6.07, 6.45) is 7.76. The predicted molar refractivity (Wildman–Crippen MR) is 77.9 cm³/mol. The molecule has 2 rings (SSSR count). The van der Waals surface area contributed by atoms with E-state index in [1.165, 1.54) is 0 Å². The minimum absolute atomic E-state index is 0.174. The van der Waals surface area contributed by atoms with Crippen molar-refractivity contribution in [1.82, 2.24) is 9.47 Å². The molecule has 2 heterocycles. The molecule has 0 N–H and O–H groups in total. The molecule has 1 fully saturated rings. The smallest absolute Gasteiger partial charge is 0.151 e. The Balaban J connectivity index is 1.84. The maximum absolute atomic E-state index is 11.6. The number of nitrogens with zero attached hydrogens (tertiary/aromatic N) is 2. The third-order valence-electron chi connectivity index (χ3n) is 3.62. The minimum atomic E-state index is -2.81. The van der Waals surface area contributed by atoms with E-state index in [2.05, 4.69) is 28.4 Å². The Bertz CT molecular complexity index is 494. The van der Waals surface area contributed by atoms with Gasteiger partial charge in [0.05, 0.1) is 11.5 Å². The van der Waals surface area contributed by atoms with Crippen LogP contribution < -0.4 is 0 Å². The van der Waals surface area contributed by atoms with E-state index in [9.17, 15) is 8.42 Å². The van der Waals surface area contributed by atoms with Crippen molar-refractivity contribution < 1.29 is 8.42 Å². The van der Waals surface area contributed by atoms with Crippen LogP contribution in [0.3, 0.4) is 0 Å². The van der Waals surface area contributed by atoms with E-state index in [1.54, 1.807) is 0 Å². The molecule has 1 aromatic rings. The normalized spacial score (nSPS) is 21.8. The van der Waals surface area contributed by atoms with Gasteiger partial charge in [0.1, 0.15) is 0 Å². The third kappa shape index (κ3) is 4.21. The number of hydrogen-bond donors (Lipinski definition) is 0. The lowest BCUT2D eigenvalue weighted by atomic mass is 10.2. The van der Waals surface area contributed by atoms with Gasteiger partial charge >= 0.3 is 0 Å². The number of rotatable bonds is 7. The molecule has 0 aliphatic carbocycles. The third-order valence-corrected chi connectivity index (χ3v) is 5.37. The first-order chi connectivity index (χ1) is 9.11. The van der Waals surface area contributed by atoms with E-state index in [1.807, 2.05) is 18.2 Å². The number of hydrogen-bond acceptors (Lipinski definition) is 3. The summed E-state index contributed by atoms with van der Waals surface area (Å²) in [5.74, 6) is 0.646. The predicted octanol–water partition coefficient (Wildman–Crippen LogP) is 1.55. The molecule has 5 heteroatoms. The van der Waals surface area contributed by atoms with E-state index < -0.39 is 9.84 Å². The second kappa shape index (κ2) is 6.39. The SMILES string of the molecule is C=CCN(CCCn1cccc1)C1CCS(=O)(=O)C1. The van der Waals surface area contributed by atoms with Crippen LogP contribution in [0, 0.1) is 0 Å². The van der Waals surface area contributed by atoms with Crippen molar-refractivity contribution in [3.63, 3.8) is 0 Å². The van der Waals surface area contributed by atoms with E-state index in [0.717, 1.165) is 32.5 Å². The van der Waals surface area contributed by atoms with Crippen molar-refractivity contribution in [3.05, 3.63) is 37.2 Å². The molecule has 0 bridgehead atoms. The molecule has 0 aromatic carbocycles. The lowest BCUT2D eigenvalue weighted by Crippen LogP contribution is -2.37. The Morgan fingerprint density at radius 1 is 1.37 bits per heavy atom. The van der Waals surface area contributed by atoms with Crippen molar-refractivity contribution in [1.29, 1.82) is 0 Å². The molecule has 1 aliphatic heterocycles. The van der Waals surface area contributed by atoms with Crippen LogP contribution in [0.1, 0.15) is 12.8 Å². The van der Waals surface area contributed by atoms with Crippen LogP contribution in [0.25, 0.3) is 0 Å². The summed E-state index contributed by atoms with van der Waals surface area (Å²) < 4.78 is 25.3. The topological polar surface area (TPSA) is 42.3 Å². The van der Waals surface area contributed by atoms with Gasteiger partial charge in [-0.15, -0.1) is 6.58 Å². The van der Waals surface area contributed by atoms with Gasteiger partial charge in [-0.05, 0) is 25.0 Å². The van der Waals surface area contributed by atoms with E-state index >= 15 is 0 Å². The van der Waals surface area contributed by atoms with Gasteiger partial charge in [0.2, 0.25) is 0 Å². The first-order valence-corrected chi connectivity index (χ1v) is 8.59. The Hall–Kier alpha value is -1.07. The number of sulfone groups is 1. The van der Waals surface area contributed by atoms with Gasteiger partial charge in [0.25, 0.3) is 0 Å². The van der Waals surface area contributed by atoms with Gasteiger partial charge < -0.3 is 4.57 Å². The summed E-state index contributed by atoms with van der Waals surface area (Å²) in [7, 11) is -2.81. The van der Waals surface area contributed by atoms with Crippen molar-refractivity contribution >= 4 is 9.84 Å². The average molecular weight is 282 g/mol. The summed E-state index contributed by atoms with van der Waals surface area (Å²) in [5, 5.41) is 0. The lowest BCUT2D eigenvalue weighted by molar-refractivity contribution is 0.228. The van der Waals surface area contributed by atoms with Gasteiger partial charge in [-0.2, -0.15) is 0 Å². The Kier molecular flexibility index (Phi) is 4.82. The van der Waals surface area contributed by atoms with Crippen LogP contribution >= 0.6 is 0 Å². The van der Waals surface area contributed by atoms with Crippen molar-refractivity contribution in [2.24, 2.45) is 0 Å². The summed E-state index contributed by atoms with van der Waals surface area (Å²) in [4.78, 5) is 2.25. The fourth-order valence-electron chi connectivity index (χ4n) is 2.63. The van der Waals surface area contributed by atoms with Gasteiger partial charge in [-0.25, -0.2) is 8.42 Å². The molecule has 1 aliphatic rings. The monoisotopic (exact) mass is 282 g/mol. The van der Waals surface area contributed by atoms with Gasteiger partial charge in [0.15, 0.2) is 9.84 Å². The fourth-order valence-corrected chi connectivity index (χ4v) is 4.39. The molecule has 1 atom stereocenters. The van der Waals surface area contributed by atoms with Crippen LogP contribution in [0.15, 0.2) is 37.2 Å². The zero-order valence-corrected chi connectivity index (χ0v) is 12.1. The van der Waals surface area contributed by atoms with E-state index in [4.69, 9.17) is 0 Å². The molecule has 1 unspecified atom stereocenters. The molecular weight excluding hydrogens is 260 g/mol. The molecule has 19 heavy (non-hydrogen) atoms. The number of aryl methyl sites for hydroxylation is 1. The molecule has 0 radical (unpaired) electrons. The first kappa shape index (κ1) is 14.3. The molecule has 4 nitrogen and oxygen atoms in total. The lowest BCUT2D eigenvalue weighted by Gasteiger charge is -2.26.